The summed E-state index contributed by atoms with van der Waals surface area (Å²) in [5.74, 6) is 1.02. The Balaban J connectivity index is 2.31. The molecule has 0 radical (unpaired) electrons. The second kappa shape index (κ2) is 6.94. The molecular formula is C17H26N2O2. The Morgan fingerprint density at radius 2 is 2.10 bits per heavy atom. The topological polar surface area (TPSA) is 55.6 Å². The molecule has 0 saturated heterocycles. The van der Waals surface area contributed by atoms with E-state index in [-0.39, 0.29) is 11.8 Å². The molecule has 1 aromatic carbocycles. The Morgan fingerprint density at radius 3 is 2.71 bits per heavy atom. The van der Waals surface area contributed by atoms with Crippen LogP contribution in [-0.4, -0.2) is 18.6 Å². The lowest BCUT2D eigenvalue weighted by Gasteiger charge is -2.36. The van der Waals surface area contributed by atoms with Crippen molar-refractivity contribution in [2.45, 2.75) is 52.7 Å². The number of ether oxygens (including phenoxy) is 1. The van der Waals surface area contributed by atoms with E-state index in [4.69, 9.17) is 10.5 Å². The van der Waals surface area contributed by atoms with Crippen LogP contribution in [0.5, 0.6) is 5.75 Å². The van der Waals surface area contributed by atoms with Gasteiger partial charge in [0, 0.05) is 13.1 Å². The maximum atomic E-state index is 12.7. The van der Waals surface area contributed by atoms with Crippen LogP contribution in [-0.2, 0) is 11.3 Å². The molecule has 1 heterocycles. The van der Waals surface area contributed by atoms with Gasteiger partial charge in [0.25, 0.3) is 5.91 Å². The highest BCUT2D eigenvalue weighted by molar-refractivity contribution is 6.00. The molecule has 2 rings (SSSR count). The van der Waals surface area contributed by atoms with Gasteiger partial charge >= 0.3 is 0 Å². The van der Waals surface area contributed by atoms with Crippen LogP contribution in [0.15, 0.2) is 18.2 Å². The molecule has 2 N–H and O–H groups in total. The van der Waals surface area contributed by atoms with E-state index in [9.17, 15) is 4.79 Å². The van der Waals surface area contributed by atoms with Crippen molar-refractivity contribution >= 4 is 11.6 Å². The van der Waals surface area contributed by atoms with Crippen LogP contribution in [0.1, 0.15) is 45.6 Å². The smallest absolute Gasteiger partial charge is 0.268 e. The highest BCUT2D eigenvalue weighted by atomic mass is 16.5. The molecule has 1 amide bonds. The predicted molar refractivity (Wildman–Crippen MR) is 85.5 cm³/mol. The van der Waals surface area contributed by atoms with Crippen LogP contribution in [0.4, 0.5) is 5.69 Å². The molecule has 0 saturated carbocycles. The third-order valence-corrected chi connectivity index (χ3v) is 3.90. The first kappa shape index (κ1) is 15.8. The molecule has 116 valence electrons. The highest BCUT2D eigenvalue weighted by Gasteiger charge is 2.35. The zero-order valence-corrected chi connectivity index (χ0v) is 13.3. The largest absolute Gasteiger partial charge is 0.478 e. The Labute approximate surface area is 127 Å². The van der Waals surface area contributed by atoms with Gasteiger partial charge in [-0.05, 0) is 30.0 Å². The van der Waals surface area contributed by atoms with E-state index in [2.05, 4.69) is 6.92 Å². The Bertz CT molecular complexity index is 500. The molecule has 4 heteroatoms. The lowest BCUT2D eigenvalue weighted by molar-refractivity contribution is -0.128. The number of hydrogen-bond acceptors (Lipinski definition) is 3. The van der Waals surface area contributed by atoms with Gasteiger partial charge in [0.1, 0.15) is 5.75 Å². The monoisotopic (exact) mass is 290 g/mol. The molecule has 21 heavy (non-hydrogen) atoms. The minimum Gasteiger partial charge on any atom is -0.478 e. The first-order valence-electron chi connectivity index (χ1n) is 7.89. The summed E-state index contributed by atoms with van der Waals surface area (Å²) in [6.45, 7) is 7.44. The predicted octanol–water partition coefficient (Wildman–Crippen LogP) is 3.09. The van der Waals surface area contributed by atoms with Crippen molar-refractivity contribution in [3.8, 4) is 5.75 Å². The van der Waals surface area contributed by atoms with E-state index < -0.39 is 6.10 Å². The van der Waals surface area contributed by atoms with Gasteiger partial charge in [0.2, 0.25) is 0 Å². The highest BCUT2D eigenvalue weighted by Crippen LogP contribution is 2.36. The van der Waals surface area contributed by atoms with Crippen LogP contribution in [0.25, 0.3) is 0 Å². The molecule has 1 aliphatic rings. The quantitative estimate of drug-likeness (QED) is 0.819. The van der Waals surface area contributed by atoms with Crippen molar-refractivity contribution in [1.82, 2.24) is 0 Å². The van der Waals surface area contributed by atoms with Gasteiger partial charge in [-0.3, -0.25) is 4.79 Å². The van der Waals surface area contributed by atoms with Gasteiger partial charge in [-0.2, -0.15) is 0 Å². The summed E-state index contributed by atoms with van der Waals surface area (Å²) in [5.41, 5.74) is 7.61. The minimum absolute atomic E-state index is 0.0779. The molecule has 1 unspecified atom stereocenters. The number of carbonyl (C=O) groups is 1. The van der Waals surface area contributed by atoms with E-state index in [0.29, 0.717) is 6.54 Å². The second-order valence-corrected chi connectivity index (χ2v) is 5.99. The van der Waals surface area contributed by atoms with Gasteiger partial charge in [-0.1, -0.05) is 39.7 Å². The number of fused-ring (bicyclic) bond motifs is 1. The standard InChI is InChI=1S/C17H26N2O2/c1-4-5-6-9-19-14-8-7-13(11-18)10-15(14)21-16(12(2)3)17(19)20/h7-8,10,12,16H,4-6,9,11,18H2,1-3H3. The van der Waals surface area contributed by atoms with Crippen molar-refractivity contribution in [1.29, 1.82) is 0 Å². The summed E-state index contributed by atoms with van der Waals surface area (Å²) in [4.78, 5) is 14.5. The number of unbranched alkanes of at least 4 members (excludes halogenated alkanes) is 2. The summed E-state index contributed by atoms with van der Waals surface area (Å²) >= 11 is 0. The summed E-state index contributed by atoms with van der Waals surface area (Å²) < 4.78 is 5.94. The summed E-state index contributed by atoms with van der Waals surface area (Å²) in [7, 11) is 0. The minimum atomic E-state index is -0.396. The molecule has 1 aromatic rings. The number of benzene rings is 1. The number of nitrogens with zero attached hydrogens (tertiary/aromatic N) is 1. The Hall–Kier alpha value is -1.55. The first-order chi connectivity index (χ1) is 10.1. The summed E-state index contributed by atoms with van der Waals surface area (Å²) in [6, 6.07) is 5.89. The van der Waals surface area contributed by atoms with Crippen LogP contribution < -0.4 is 15.4 Å². The van der Waals surface area contributed by atoms with Crippen LogP contribution in [0.2, 0.25) is 0 Å². The summed E-state index contributed by atoms with van der Waals surface area (Å²) in [5, 5.41) is 0. The second-order valence-electron chi connectivity index (χ2n) is 5.99. The van der Waals surface area contributed by atoms with Gasteiger partial charge < -0.3 is 15.4 Å². The lowest BCUT2D eigenvalue weighted by Crippen LogP contribution is -2.48. The lowest BCUT2D eigenvalue weighted by atomic mass is 10.0. The van der Waals surface area contributed by atoms with Crippen LogP contribution >= 0.6 is 0 Å². The molecule has 0 bridgehead atoms. The number of rotatable bonds is 6. The maximum Gasteiger partial charge on any atom is 0.268 e. The van der Waals surface area contributed by atoms with Gasteiger partial charge in [0.05, 0.1) is 5.69 Å². The summed E-state index contributed by atoms with van der Waals surface area (Å²) in [6.07, 6.45) is 2.90. The van der Waals surface area contributed by atoms with Crippen LogP contribution in [0, 0.1) is 5.92 Å². The zero-order chi connectivity index (χ0) is 15.4. The van der Waals surface area contributed by atoms with E-state index in [1.165, 1.54) is 0 Å². The van der Waals surface area contributed by atoms with Crippen molar-refractivity contribution in [3.05, 3.63) is 23.8 Å². The Morgan fingerprint density at radius 1 is 1.33 bits per heavy atom. The third kappa shape index (κ3) is 3.38. The first-order valence-corrected chi connectivity index (χ1v) is 7.89. The van der Waals surface area contributed by atoms with Gasteiger partial charge in [0.15, 0.2) is 6.10 Å². The van der Waals surface area contributed by atoms with Crippen molar-refractivity contribution in [3.63, 3.8) is 0 Å². The molecule has 0 aromatic heterocycles. The number of nitrogens with two attached hydrogens (primary N) is 1. The molecule has 1 atom stereocenters. The van der Waals surface area contributed by atoms with E-state index in [1.54, 1.807) is 0 Å². The normalized spacial score (nSPS) is 17.9. The van der Waals surface area contributed by atoms with Crippen molar-refractivity contribution in [2.24, 2.45) is 11.7 Å². The molecule has 1 aliphatic heterocycles. The molecule has 0 spiro atoms. The van der Waals surface area contributed by atoms with Crippen molar-refractivity contribution in [2.75, 3.05) is 11.4 Å². The number of carbonyl (C=O) groups excluding carboxylic acids is 1. The van der Waals surface area contributed by atoms with Crippen molar-refractivity contribution < 1.29 is 9.53 Å². The number of anilines is 1. The number of amides is 1. The van der Waals surface area contributed by atoms with Gasteiger partial charge in [-0.25, -0.2) is 0 Å². The SMILES string of the molecule is CCCCCN1C(=O)C(C(C)C)Oc2cc(CN)ccc21. The fourth-order valence-corrected chi connectivity index (χ4v) is 2.63. The maximum absolute atomic E-state index is 12.7. The molecule has 4 nitrogen and oxygen atoms in total. The molecule has 0 fully saturated rings. The average Bonchev–Trinajstić information content (AvgIpc) is 2.48. The van der Waals surface area contributed by atoms with Gasteiger partial charge in [-0.15, -0.1) is 0 Å². The van der Waals surface area contributed by atoms with E-state index >= 15 is 0 Å². The molecular weight excluding hydrogens is 264 g/mol. The average molecular weight is 290 g/mol. The number of hydrogen-bond donors (Lipinski definition) is 1. The zero-order valence-electron chi connectivity index (χ0n) is 13.3. The van der Waals surface area contributed by atoms with E-state index in [1.807, 2.05) is 36.9 Å². The third-order valence-electron chi connectivity index (χ3n) is 3.90. The molecule has 0 aliphatic carbocycles. The van der Waals surface area contributed by atoms with Crippen LogP contribution in [0.3, 0.4) is 0 Å². The Kier molecular flexibility index (Phi) is 5.23. The fourth-order valence-electron chi connectivity index (χ4n) is 2.63. The van der Waals surface area contributed by atoms with E-state index in [0.717, 1.165) is 42.8 Å². The fraction of sp³-hybridized carbons (Fsp3) is 0.588.